The number of nitrogens with zero attached hydrogens (tertiary/aromatic N) is 1. The molecular formula is C11H26N2O2S2. The molecule has 0 aromatic carbocycles. The monoisotopic (exact) mass is 282 g/mol. The Hall–Kier alpha value is 0.220. The van der Waals surface area contributed by atoms with Crippen LogP contribution in [0.25, 0.3) is 0 Å². The molecular weight excluding hydrogens is 256 g/mol. The highest BCUT2D eigenvalue weighted by Crippen LogP contribution is 2.03. The maximum atomic E-state index is 11.9. The van der Waals surface area contributed by atoms with Gasteiger partial charge >= 0.3 is 0 Å². The highest BCUT2D eigenvalue weighted by Gasteiger charge is 2.16. The molecule has 0 saturated carbocycles. The molecule has 0 unspecified atom stereocenters. The van der Waals surface area contributed by atoms with E-state index in [1.807, 2.05) is 6.26 Å². The molecule has 104 valence electrons. The molecule has 0 rings (SSSR count). The van der Waals surface area contributed by atoms with Crippen molar-refractivity contribution >= 4 is 21.8 Å². The second kappa shape index (κ2) is 9.19. The molecule has 6 heteroatoms. The summed E-state index contributed by atoms with van der Waals surface area (Å²) in [4.78, 5) is 0. The van der Waals surface area contributed by atoms with Gasteiger partial charge in [-0.2, -0.15) is 11.8 Å². The largest absolute Gasteiger partial charge is 0.314 e. The van der Waals surface area contributed by atoms with Gasteiger partial charge < -0.3 is 5.32 Å². The van der Waals surface area contributed by atoms with Crippen molar-refractivity contribution in [1.29, 1.82) is 0 Å². The van der Waals surface area contributed by atoms with Crippen LogP contribution in [-0.2, 0) is 10.0 Å². The number of sulfonamides is 1. The van der Waals surface area contributed by atoms with Crippen molar-refractivity contribution in [3.8, 4) is 0 Å². The van der Waals surface area contributed by atoms with Gasteiger partial charge in [0.25, 0.3) is 0 Å². The van der Waals surface area contributed by atoms with Gasteiger partial charge in [0.15, 0.2) is 0 Å². The highest BCUT2D eigenvalue weighted by molar-refractivity contribution is 7.98. The van der Waals surface area contributed by atoms with Crippen molar-refractivity contribution in [2.24, 2.45) is 0 Å². The van der Waals surface area contributed by atoms with E-state index in [-0.39, 0.29) is 5.75 Å². The Balaban J connectivity index is 3.85. The quantitative estimate of drug-likeness (QED) is 0.615. The van der Waals surface area contributed by atoms with E-state index in [1.54, 1.807) is 18.8 Å². The molecule has 0 aliphatic rings. The Bertz CT molecular complexity index is 279. The zero-order chi connectivity index (χ0) is 13.3. The van der Waals surface area contributed by atoms with E-state index in [4.69, 9.17) is 0 Å². The molecule has 0 saturated heterocycles. The topological polar surface area (TPSA) is 49.4 Å². The minimum absolute atomic E-state index is 0.239. The summed E-state index contributed by atoms with van der Waals surface area (Å²) in [6.45, 7) is 5.50. The van der Waals surface area contributed by atoms with E-state index in [0.717, 1.165) is 18.7 Å². The average molecular weight is 282 g/mol. The number of hydrogen-bond acceptors (Lipinski definition) is 4. The molecule has 0 radical (unpaired) electrons. The van der Waals surface area contributed by atoms with E-state index in [1.165, 1.54) is 4.31 Å². The first kappa shape index (κ1) is 17.2. The van der Waals surface area contributed by atoms with Gasteiger partial charge in [-0.15, -0.1) is 0 Å². The summed E-state index contributed by atoms with van der Waals surface area (Å²) in [6, 6.07) is 0.414. The van der Waals surface area contributed by atoms with Crippen molar-refractivity contribution in [3.63, 3.8) is 0 Å². The summed E-state index contributed by atoms with van der Waals surface area (Å²) in [5, 5.41) is 3.22. The van der Waals surface area contributed by atoms with Gasteiger partial charge in [0.05, 0.1) is 5.75 Å². The summed E-state index contributed by atoms with van der Waals surface area (Å²) >= 11 is 1.75. The van der Waals surface area contributed by atoms with Crippen LogP contribution in [0.2, 0.25) is 0 Å². The molecule has 0 atom stereocenters. The van der Waals surface area contributed by atoms with Crippen molar-refractivity contribution in [1.82, 2.24) is 9.62 Å². The van der Waals surface area contributed by atoms with Gasteiger partial charge in [0, 0.05) is 19.6 Å². The third-order valence-corrected chi connectivity index (χ3v) is 5.06. The molecule has 0 spiro atoms. The second-order valence-corrected chi connectivity index (χ2v) is 7.63. The normalized spacial score (nSPS) is 12.6. The lowest BCUT2D eigenvalue weighted by Crippen LogP contribution is -2.32. The van der Waals surface area contributed by atoms with Crippen LogP contribution in [0, 0.1) is 0 Å². The zero-order valence-electron chi connectivity index (χ0n) is 11.4. The van der Waals surface area contributed by atoms with Gasteiger partial charge in [-0.1, -0.05) is 13.8 Å². The van der Waals surface area contributed by atoms with Crippen molar-refractivity contribution in [3.05, 3.63) is 0 Å². The minimum atomic E-state index is -3.05. The fourth-order valence-corrected chi connectivity index (χ4v) is 3.02. The van der Waals surface area contributed by atoms with E-state index >= 15 is 0 Å². The summed E-state index contributed by atoms with van der Waals surface area (Å²) in [7, 11) is -1.38. The third-order valence-electron chi connectivity index (χ3n) is 2.43. The van der Waals surface area contributed by atoms with Crippen LogP contribution in [0.5, 0.6) is 0 Å². The summed E-state index contributed by atoms with van der Waals surface area (Å²) in [6.07, 6.45) is 3.63. The van der Waals surface area contributed by atoms with E-state index in [2.05, 4.69) is 19.2 Å². The molecule has 0 aromatic rings. The molecule has 0 amide bonds. The average Bonchev–Trinajstić information content (AvgIpc) is 2.24. The van der Waals surface area contributed by atoms with Crippen LogP contribution in [0.3, 0.4) is 0 Å². The molecule has 1 N–H and O–H groups in total. The SMILES string of the molecule is CSCCCN(C)S(=O)(=O)CCCNC(C)C. The number of rotatable bonds is 10. The summed E-state index contributed by atoms with van der Waals surface area (Å²) in [5.41, 5.74) is 0. The van der Waals surface area contributed by atoms with Gasteiger partial charge in [-0.25, -0.2) is 12.7 Å². The second-order valence-electron chi connectivity index (χ2n) is 4.45. The molecule has 0 aromatic heterocycles. The maximum absolute atomic E-state index is 11.9. The minimum Gasteiger partial charge on any atom is -0.314 e. The standard InChI is InChI=1S/C11H26N2O2S2/c1-11(2)12-7-5-10-17(14,15)13(3)8-6-9-16-4/h11-12H,5-10H2,1-4H3. The van der Waals surface area contributed by atoms with E-state index in [9.17, 15) is 8.42 Å². The van der Waals surface area contributed by atoms with Gasteiger partial charge in [-0.3, -0.25) is 0 Å². The van der Waals surface area contributed by atoms with Crippen LogP contribution >= 0.6 is 11.8 Å². The molecule has 0 aliphatic carbocycles. The van der Waals surface area contributed by atoms with Crippen molar-refractivity contribution < 1.29 is 8.42 Å². The number of nitrogens with one attached hydrogen (secondary N) is 1. The summed E-state index contributed by atoms with van der Waals surface area (Å²) in [5.74, 6) is 1.25. The van der Waals surface area contributed by atoms with E-state index in [0.29, 0.717) is 19.0 Å². The molecule has 0 bridgehead atoms. The molecule has 0 fully saturated rings. The van der Waals surface area contributed by atoms with Crippen LogP contribution in [0.1, 0.15) is 26.7 Å². The van der Waals surface area contributed by atoms with Crippen LogP contribution < -0.4 is 5.32 Å². The third kappa shape index (κ3) is 8.88. The Morgan fingerprint density at radius 3 is 2.47 bits per heavy atom. The lowest BCUT2D eigenvalue weighted by atomic mass is 10.4. The Morgan fingerprint density at radius 1 is 1.29 bits per heavy atom. The zero-order valence-corrected chi connectivity index (χ0v) is 13.0. The Morgan fingerprint density at radius 2 is 1.94 bits per heavy atom. The molecule has 4 nitrogen and oxygen atoms in total. The number of thioether (sulfide) groups is 1. The van der Waals surface area contributed by atoms with Crippen LogP contribution in [0.4, 0.5) is 0 Å². The Kier molecular flexibility index (Phi) is 9.31. The molecule has 0 heterocycles. The lowest BCUT2D eigenvalue weighted by Gasteiger charge is -2.17. The first-order valence-electron chi connectivity index (χ1n) is 6.06. The molecule has 0 aliphatic heterocycles. The lowest BCUT2D eigenvalue weighted by molar-refractivity contribution is 0.466. The first-order valence-corrected chi connectivity index (χ1v) is 9.06. The maximum Gasteiger partial charge on any atom is 0.213 e. The van der Waals surface area contributed by atoms with Gasteiger partial charge in [-0.05, 0) is 31.4 Å². The fourth-order valence-electron chi connectivity index (χ4n) is 1.37. The van der Waals surface area contributed by atoms with Gasteiger partial charge in [0.1, 0.15) is 0 Å². The summed E-state index contributed by atoms with van der Waals surface area (Å²) < 4.78 is 25.2. The Labute approximate surface area is 111 Å². The van der Waals surface area contributed by atoms with Crippen molar-refractivity contribution in [2.45, 2.75) is 32.7 Å². The first-order chi connectivity index (χ1) is 7.90. The van der Waals surface area contributed by atoms with Crippen molar-refractivity contribution in [2.75, 3.05) is 37.9 Å². The predicted octanol–water partition coefficient (Wildman–Crippen LogP) is 1.39. The smallest absolute Gasteiger partial charge is 0.213 e. The number of hydrogen-bond donors (Lipinski definition) is 1. The fraction of sp³-hybridized carbons (Fsp3) is 1.00. The van der Waals surface area contributed by atoms with Crippen LogP contribution in [-0.4, -0.2) is 56.7 Å². The van der Waals surface area contributed by atoms with E-state index < -0.39 is 10.0 Å². The van der Waals surface area contributed by atoms with Crippen LogP contribution in [0.15, 0.2) is 0 Å². The van der Waals surface area contributed by atoms with Gasteiger partial charge in [0.2, 0.25) is 10.0 Å². The highest BCUT2D eigenvalue weighted by atomic mass is 32.2. The predicted molar refractivity (Wildman–Crippen MR) is 77.2 cm³/mol. The molecule has 17 heavy (non-hydrogen) atoms.